The topological polar surface area (TPSA) is 78.7 Å². The third-order valence-corrected chi connectivity index (χ3v) is 3.71. The summed E-state index contributed by atoms with van der Waals surface area (Å²) < 4.78 is 10.8. The van der Waals surface area contributed by atoms with E-state index in [0.29, 0.717) is 25.2 Å². The molecule has 0 aliphatic rings. The number of hydrogen-bond acceptors (Lipinski definition) is 5. The van der Waals surface area contributed by atoms with Crippen LogP contribution in [0.1, 0.15) is 33.6 Å². The molecule has 0 radical (unpaired) electrons. The van der Waals surface area contributed by atoms with Crippen LogP contribution in [0.25, 0.3) is 0 Å². The molecule has 0 bridgehead atoms. The van der Waals surface area contributed by atoms with E-state index in [4.69, 9.17) is 9.47 Å². The second kappa shape index (κ2) is 10.2. The van der Waals surface area contributed by atoms with Crippen LogP contribution in [0, 0.1) is 10.1 Å². The predicted octanol–water partition coefficient (Wildman–Crippen LogP) is 4.76. The molecule has 0 heterocycles. The Kier molecular flexibility index (Phi) is 8.28. The fourth-order valence-electron chi connectivity index (χ4n) is 2.14. The highest BCUT2D eigenvalue weighted by Crippen LogP contribution is 2.26. The number of rotatable bonds is 10. The van der Waals surface area contributed by atoms with E-state index in [1.807, 2.05) is 19.9 Å². The lowest BCUT2D eigenvalue weighted by molar-refractivity contribution is -0.384. The molecule has 1 unspecified atom stereocenters. The minimum Gasteiger partial charge on any atom is -0.484 e. The van der Waals surface area contributed by atoms with Crippen molar-refractivity contribution in [3.8, 4) is 5.75 Å². The maximum atomic E-state index is 11.3. The SMILES string of the molecule is C=CC(C)(CC/C=C(C)/C=C/C(=O)OCC)Oc1ccc([N+](=O)[O-])cc1. The standard InChI is InChI=1S/C20H25NO5/c1-5-20(4,26-18-12-10-17(11-13-18)21(23)24)15-7-8-16(3)9-14-19(22)25-6-2/h5,8-14H,1,6-7,15H2,2-4H3/b14-9+,16-8+. The van der Waals surface area contributed by atoms with Crippen molar-refractivity contribution in [3.05, 3.63) is 70.8 Å². The first-order valence-electron chi connectivity index (χ1n) is 8.38. The van der Waals surface area contributed by atoms with Crippen LogP contribution in [0.5, 0.6) is 5.75 Å². The minimum absolute atomic E-state index is 0.0181. The third kappa shape index (κ3) is 7.34. The molecular formula is C20H25NO5. The first kappa shape index (κ1) is 21.2. The summed E-state index contributed by atoms with van der Waals surface area (Å²) in [5.41, 5.74) is 0.349. The van der Waals surface area contributed by atoms with Crippen LogP contribution in [0.4, 0.5) is 5.69 Å². The molecule has 0 amide bonds. The van der Waals surface area contributed by atoms with Gasteiger partial charge in [0, 0.05) is 18.2 Å². The predicted molar refractivity (Wildman–Crippen MR) is 101 cm³/mol. The van der Waals surface area contributed by atoms with E-state index >= 15 is 0 Å². The van der Waals surface area contributed by atoms with Gasteiger partial charge in [0.1, 0.15) is 11.4 Å². The van der Waals surface area contributed by atoms with E-state index < -0.39 is 10.5 Å². The molecule has 0 fully saturated rings. The molecule has 140 valence electrons. The largest absolute Gasteiger partial charge is 0.484 e. The van der Waals surface area contributed by atoms with Gasteiger partial charge in [0.25, 0.3) is 5.69 Å². The maximum Gasteiger partial charge on any atom is 0.330 e. The second-order valence-electron chi connectivity index (χ2n) is 5.94. The highest BCUT2D eigenvalue weighted by atomic mass is 16.6. The van der Waals surface area contributed by atoms with Crippen LogP contribution in [0.3, 0.4) is 0 Å². The Morgan fingerprint density at radius 2 is 1.96 bits per heavy atom. The Balaban J connectivity index is 2.64. The molecule has 0 saturated carbocycles. The summed E-state index contributed by atoms with van der Waals surface area (Å²) in [6, 6.07) is 5.96. The van der Waals surface area contributed by atoms with Gasteiger partial charge in [-0.25, -0.2) is 4.79 Å². The van der Waals surface area contributed by atoms with E-state index in [1.165, 1.54) is 18.2 Å². The Bertz CT molecular complexity index is 691. The number of allylic oxidation sites excluding steroid dienone is 3. The number of carbonyl (C=O) groups excluding carboxylic acids is 1. The van der Waals surface area contributed by atoms with Gasteiger partial charge in [-0.3, -0.25) is 10.1 Å². The summed E-state index contributed by atoms with van der Waals surface area (Å²) in [5.74, 6) is 0.179. The van der Waals surface area contributed by atoms with Gasteiger partial charge in [-0.1, -0.05) is 24.3 Å². The molecule has 6 heteroatoms. The van der Waals surface area contributed by atoms with Crippen LogP contribution in [-0.2, 0) is 9.53 Å². The van der Waals surface area contributed by atoms with Crippen molar-refractivity contribution in [2.45, 2.75) is 39.2 Å². The number of carbonyl (C=O) groups is 1. The van der Waals surface area contributed by atoms with Crippen LogP contribution >= 0.6 is 0 Å². The minimum atomic E-state index is -0.613. The molecule has 6 nitrogen and oxygen atoms in total. The van der Waals surface area contributed by atoms with E-state index in [9.17, 15) is 14.9 Å². The monoisotopic (exact) mass is 359 g/mol. The quantitative estimate of drug-likeness (QED) is 0.150. The number of non-ortho nitro benzene ring substituents is 1. The number of hydrogen-bond donors (Lipinski definition) is 0. The number of ether oxygens (including phenoxy) is 2. The first-order chi connectivity index (χ1) is 12.3. The zero-order valence-electron chi connectivity index (χ0n) is 15.4. The smallest absolute Gasteiger partial charge is 0.330 e. The molecule has 0 saturated heterocycles. The van der Waals surface area contributed by atoms with Gasteiger partial charge in [0.15, 0.2) is 0 Å². The fraction of sp³-hybridized carbons (Fsp3) is 0.350. The number of nitro benzene ring substituents is 1. The molecule has 1 aromatic carbocycles. The van der Waals surface area contributed by atoms with Crippen LogP contribution in [-0.4, -0.2) is 23.1 Å². The lowest BCUT2D eigenvalue weighted by atomic mass is 9.99. The average Bonchev–Trinajstić information content (AvgIpc) is 2.60. The molecule has 0 aromatic heterocycles. The van der Waals surface area contributed by atoms with Crippen molar-refractivity contribution in [2.24, 2.45) is 0 Å². The summed E-state index contributed by atoms with van der Waals surface area (Å²) in [5, 5.41) is 10.7. The van der Waals surface area contributed by atoms with E-state index in [2.05, 4.69) is 6.58 Å². The Labute approximate surface area is 154 Å². The second-order valence-corrected chi connectivity index (χ2v) is 5.94. The molecule has 26 heavy (non-hydrogen) atoms. The van der Waals surface area contributed by atoms with Crippen molar-refractivity contribution in [2.75, 3.05) is 6.61 Å². The number of esters is 1. The molecule has 1 atom stereocenters. The number of nitrogens with zero attached hydrogens (tertiary/aromatic N) is 1. The number of nitro groups is 1. The highest BCUT2D eigenvalue weighted by molar-refractivity contribution is 5.82. The molecule has 0 aliphatic carbocycles. The third-order valence-electron chi connectivity index (χ3n) is 3.71. The van der Waals surface area contributed by atoms with E-state index in [1.54, 1.807) is 31.2 Å². The van der Waals surface area contributed by atoms with Crippen LogP contribution < -0.4 is 4.74 Å². The Morgan fingerprint density at radius 3 is 2.50 bits per heavy atom. The molecule has 1 aromatic rings. The molecule has 0 spiro atoms. The van der Waals surface area contributed by atoms with Gasteiger partial charge in [-0.15, -0.1) is 0 Å². The van der Waals surface area contributed by atoms with Crippen LogP contribution in [0.2, 0.25) is 0 Å². The fourth-order valence-corrected chi connectivity index (χ4v) is 2.14. The summed E-state index contributed by atoms with van der Waals surface area (Å²) in [6.45, 7) is 9.74. The summed E-state index contributed by atoms with van der Waals surface area (Å²) in [4.78, 5) is 21.5. The van der Waals surface area contributed by atoms with Gasteiger partial charge >= 0.3 is 5.97 Å². The van der Waals surface area contributed by atoms with Crippen molar-refractivity contribution in [1.82, 2.24) is 0 Å². The summed E-state index contributed by atoms with van der Waals surface area (Å²) >= 11 is 0. The Morgan fingerprint density at radius 1 is 1.31 bits per heavy atom. The van der Waals surface area contributed by atoms with Gasteiger partial charge in [0.05, 0.1) is 11.5 Å². The molecular weight excluding hydrogens is 334 g/mol. The summed E-state index contributed by atoms with van der Waals surface area (Å²) in [7, 11) is 0. The van der Waals surface area contributed by atoms with Crippen molar-refractivity contribution in [3.63, 3.8) is 0 Å². The van der Waals surface area contributed by atoms with Gasteiger partial charge in [0.2, 0.25) is 0 Å². The molecule has 0 N–H and O–H groups in total. The number of benzene rings is 1. The van der Waals surface area contributed by atoms with Crippen LogP contribution in [0.15, 0.2) is 60.7 Å². The van der Waals surface area contributed by atoms with Crippen molar-refractivity contribution in [1.29, 1.82) is 0 Å². The van der Waals surface area contributed by atoms with Crippen molar-refractivity contribution >= 4 is 11.7 Å². The Hall–Kier alpha value is -2.89. The lowest BCUT2D eigenvalue weighted by Crippen LogP contribution is -2.29. The zero-order chi connectivity index (χ0) is 19.6. The van der Waals surface area contributed by atoms with E-state index in [0.717, 1.165) is 5.57 Å². The van der Waals surface area contributed by atoms with Crippen molar-refractivity contribution < 1.29 is 19.2 Å². The maximum absolute atomic E-state index is 11.3. The average molecular weight is 359 g/mol. The lowest BCUT2D eigenvalue weighted by Gasteiger charge is -2.27. The molecule has 0 aliphatic heterocycles. The van der Waals surface area contributed by atoms with Gasteiger partial charge in [-0.2, -0.15) is 0 Å². The van der Waals surface area contributed by atoms with Gasteiger partial charge in [-0.05, 0) is 51.8 Å². The normalized spacial score (nSPS) is 13.9. The molecule has 1 rings (SSSR count). The highest BCUT2D eigenvalue weighted by Gasteiger charge is 2.21. The van der Waals surface area contributed by atoms with Gasteiger partial charge < -0.3 is 9.47 Å². The zero-order valence-corrected chi connectivity index (χ0v) is 15.4. The first-order valence-corrected chi connectivity index (χ1v) is 8.38. The van der Waals surface area contributed by atoms with E-state index in [-0.39, 0.29) is 11.7 Å². The summed E-state index contributed by atoms with van der Waals surface area (Å²) in [6.07, 6.45) is 8.20.